The van der Waals surface area contributed by atoms with E-state index in [-0.39, 0.29) is 17.4 Å². The predicted octanol–water partition coefficient (Wildman–Crippen LogP) is 6.39. The van der Waals surface area contributed by atoms with Gasteiger partial charge >= 0.3 is 12.4 Å². The zero-order valence-corrected chi connectivity index (χ0v) is 21.5. The number of carbonyl (C=O) groups is 1. The molecule has 4 aromatic heterocycles. The van der Waals surface area contributed by atoms with E-state index in [9.17, 15) is 36.2 Å². The number of hydrogen-bond donors (Lipinski definition) is 1. The average Bonchev–Trinajstić information content (AvgIpc) is 3.60. The Kier molecular flexibility index (Phi) is 9.79. The molecule has 4 aromatic rings. The second kappa shape index (κ2) is 12.9. The van der Waals surface area contributed by atoms with Crippen LogP contribution in [-0.2, 0) is 12.4 Å². The molecule has 4 heterocycles. The van der Waals surface area contributed by atoms with Crippen LogP contribution in [0.1, 0.15) is 72.7 Å². The van der Waals surface area contributed by atoms with Gasteiger partial charge in [-0.3, -0.25) is 4.79 Å². The summed E-state index contributed by atoms with van der Waals surface area (Å²) < 4.78 is 76.8. The van der Waals surface area contributed by atoms with Crippen molar-refractivity contribution in [2.75, 3.05) is 0 Å². The number of aliphatic hydroxyl groups is 1. The van der Waals surface area contributed by atoms with Crippen molar-refractivity contribution in [1.29, 1.82) is 0 Å². The van der Waals surface area contributed by atoms with Crippen LogP contribution >= 0.6 is 0 Å². The van der Waals surface area contributed by atoms with Gasteiger partial charge in [-0.25, -0.2) is 19.3 Å². The second-order valence-corrected chi connectivity index (χ2v) is 8.68. The number of ketones is 1. The van der Waals surface area contributed by atoms with Gasteiger partial charge in [0.15, 0.2) is 17.4 Å². The van der Waals surface area contributed by atoms with Crippen molar-refractivity contribution in [2.45, 2.75) is 58.0 Å². The van der Waals surface area contributed by atoms with E-state index < -0.39 is 29.6 Å². The van der Waals surface area contributed by atoms with Gasteiger partial charge in [-0.05, 0) is 36.6 Å². The van der Waals surface area contributed by atoms with Crippen LogP contribution in [0.25, 0.3) is 11.6 Å². The van der Waals surface area contributed by atoms with Gasteiger partial charge in [0.1, 0.15) is 0 Å². The highest BCUT2D eigenvalue weighted by atomic mass is 19.4. The molecule has 1 unspecified atom stereocenters. The van der Waals surface area contributed by atoms with Crippen LogP contribution in [0.3, 0.4) is 0 Å². The number of aliphatic hydroxyl groups excluding tert-OH is 1. The SMILES string of the molecule is CCCC(=O)c1ccc(-n2cc(C(F)(F)F)cn2)nc1.CCCC(O)c1ccc(-n2cc(C(F)(F)F)cn2)nc1. The monoisotopic (exact) mass is 568 g/mol. The first kappa shape index (κ1) is 30.5. The van der Waals surface area contributed by atoms with E-state index in [2.05, 4.69) is 20.2 Å². The summed E-state index contributed by atoms with van der Waals surface area (Å²) in [4.78, 5) is 19.6. The molecular formula is C26H26F6N6O2. The fraction of sp³-hybridized carbons (Fsp3) is 0.346. The van der Waals surface area contributed by atoms with Gasteiger partial charge in [0.05, 0.1) is 29.6 Å². The summed E-state index contributed by atoms with van der Waals surface area (Å²) in [5, 5.41) is 17.0. The highest BCUT2D eigenvalue weighted by molar-refractivity contribution is 5.95. The summed E-state index contributed by atoms with van der Waals surface area (Å²) >= 11 is 0. The number of aromatic nitrogens is 6. The van der Waals surface area contributed by atoms with Crippen LogP contribution in [0.2, 0.25) is 0 Å². The average molecular weight is 569 g/mol. The first-order chi connectivity index (χ1) is 18.8. The maximum Gasteiger partial charge on any atom is 0.419 e. The molecule has 0 aromatic carbocycles. The first-order valence-electron chi connectivity index (χ1n) is 12.2. The summed E-state index contributed by atoms with van der Waals surface area (Å²) in [5.41, 5.74) is -0.586. The third-order valence-electron chi connectivity index (χ3n) is 5.55. The molecule has 0 saturated heterocycles. The molecule has 0 amide bonds. The number of halogens is 6. The van der Waals surface area contributed by atoms with Gasteiger partial charge < -0.3 is 5.11 Å². The van der Waals surface area contributed by atoms with Gasteiger partial charge in [-0.15, -0.1) is 0 Å². The molecule has 4 rings (SSSR count). The summed E-state index contributed by atoms with van der Waals surface area (Å²) in [7, 11) is 0. The maximum absolute atomic E-state index is 12.5. The van der Waals surface area contributed by atoms with Crippen molar-refractivity contribution < 1.29 is 36.2 Å². The minimum atomic E-state index is -4.44. The smallest absolute Gasteiger partial charge is 0.388 e. The molecule has 1 atom stereocenters. The van der Waals surface area contributed by atoms with Crippen LogP contribution in [0.15, 0.2) is 61.4 Å². The van der Waals surface area contributed by atoms with Crippen LogP contribution in [0.5, 0.6) is 0 Å². The topological polar surface area (TPSA) is 98.7 Å². The third kappa shape index (κ3) is 7.97. The number of alkyl halides is 6. The lowest BCUT2D eigenvalue weighted by molar-refractivity contribution is -0.138. The summed E-state index contributed by atoms with van der Waals surface area (Å²) in [6.45, 7) is 3.84. The molecule has 0 fully saturated rings. The normalized spacial score (nSPS) is 12.5. The molecule has 0 bridgehead atoms. The van der Waals surface area contributed by atoms with E-state index in [0.717, 1.165) is 47.0 Å². The van der Waals surface area contributed by atoms with Gasteiger partial charge in [0, 0.05) is 36.8 Å². The van der Waals surface area contributed by atoms with Crippen molar-refractivity contribution in [1.82, 2.24) is 29.5 Å². The number of nitrogens with zero attached hydrogens (tertiary/aromatic N) is 6. The zero-order valence-electron chi connectivity index (χ0n) is 21.5. The first-order valence-corrected chi connectivity index (χ1v) is 12.2. The highest BCUT2D eigenvalue weighted by Crippen LogP contribution is 2.30. The van der Waals surface area contributed by atoms with Gasteiger partial charge in [-0.2, -0.15) is 36.5 Å². The van der Waals surface area contributed by atoms with Crippen molar-refractivity contribution in [3.05, 3.63) is 83.7 Å². The minimum Gasteiger partial charge on any atom is -0.388 e. The Morgan fingerprint density at radius 3 is 1.70 bits per heavy atom. The number of hydrogen-bond acceptors (Lipinski definition) is 6. The van der Waals surface area contributed by atoms with E-state index >= 15 is 0 Å². The Balaban J connectivity index is 0.000000220. The molecule has 40 heavy (non-hydrogen) atoms. The lowest BCUT2D eigenvalue weighted by Gasteiger charge is -2.09. The van der Waals surface area contributed by atoms with Crippen LogP contribution < -0.4 is 0 Å². The molecule has 0 aliphatic heterocycles. The molecule has 0 saturated carbocycles. The van der Waals surface area contributed by atoms with Gasteiger partial charge in [0.2, 0.25) is 0 Å². The number of carbonyl (C=O) groups excluding carboxylic acids is 1. The molecule has 0 radical (unpaired) electrons. The Morgan fingerprint density at radius 2 is 1.32 bits per heavy atom. The fourth-order valence-electron chi connectivity index (χ4n) is 3.42. The Morgan fingerprint density at radius 1 is 0.800 bits per heavy atom. The van der Waals surface area contributed by atoms with Crippen molar-refractivity contribution in [2.24, 2.45) is 0 Å². The van der Waals surface area contributed by atoms with E-state index in [1.807, 2.05) is 13.8 Å². The largest absolute Gasteiger partial charge is 0.419 e. The number of Topliss-reactive ketones (excluding diaryl/α,β-unsaturated/α-hetero) is 1. The van der Waals surface area contributed by atoms with Crippen molar-refractivity contribution in [3.8, 4) is 11.6 Å². The second-order valence-electron chi connectivity index (χ2n) is 8.68. The van der Waals surface area contributed by atoms with Crippen molar-refractivity contribution in [3.63, 3.8) is 0 Å². The Bertz CT molecular complexity index is 1380. The number of pyridine rings is 2. The highest BCUT2D eigenvalue weighted by Gasteiger charge is 2.33. The standard InChI is InChI=1S/C13H14F3N3O.C13H12F3N3O/c2*1-2-3-11(20)9-4-5-12(17-6-9)19-8-10(7-18-19)13(14,15)16/h4-8,11,20H,2-3H2,1H3;4-8H,2-3H2,1H3. The molecule has 14 heteroatoms. The molecule has 0 spiro atoms. The molecule has 8 nitrogen and oxygen atoms in total. The van der Waals surface area contributed by atoms with Gasteiger partial charge in [-0.1, -0.05) is 26.3 Å². The lowest BCUT2D eigenvalue weighted by atomic mass is 10.1. The third-order valence-corrected chi connectivity index (χ3v) is 5.55. The lowest BCUT2D eigenvalue weighted by Crippen LogP contribution is -2.04. The molecule has 1 N–H and O–H groups in total. The Labute approximate surface area is 225 Å². The van der Waals surface area contributed by atoms with Gasteiger partial charge in [0.25, 0.3) is 0 Å². The summed E-state index contributed by atoms with van der Waals surface area (Å²) in [6.07, 6.45) is -0.852. The Hall–Kier alpha value is -4.07. The van der Waals surface area contributed by atoms with Crippen molar-refractivity contribution >= 4 is 5.78 Å². The van der Waals surface area contributed by atoms with E-state index in [1.54, 1.807) is 6.07 Å². The summed E-state index contributed by atoms with van der Waals surface area (Å²) in [6, 6.07) is 6.17. The van der Waals surface area contributed by atoms with E-state index in [1.165, 1.54) is 30.6 Å². The quantitative estimate of drug-likeness (QED) is 0.195. The molecule has 0 aliphatic rings. The minimum absolute atomic E-state index is 0.0389. The fourth-order valence-corrected chi connectivity index (χ4v) is 3.42. The molecular weight excluding hydrogens is 542 g/mol. The molecule has 214 valence electrons. The van der Waals surface area contributed by atoms with Crippen LogP contribution in [0.4, 0.5) is 26.3 Å². The van der Waals surface area contributed by atoms with E-state index in [0.29, 0.717) is 24.0 Å². The number of rotatable bonds is 8. The zero-order chi connectivity index (χ0) is 29.5. The summed E-state index contributed by atoms with van der Waals surface area (Å²) in [5.74, 6) is 0.462. The van der Waals surface area contributed by atoms with Crippen LogP contribution in [0, 0.1) is 0 Å². The van der Waals surface area contributed by atoms with E-state index in [4.69, 9.17) is 0 Å². The molecule has 0 aliphatic carbocycles. The van der Waals surface area contributed by atoms with Crippen LogP contribution in [-0.4, -0.2) is 40.4 Å². The predicted molar refractivity (Wildman–Crippen MR) is 132 cm³/mol. The maximum atomic E-state index is 12.5.